The van der Waals surface area contributed by atoms with Gasteiger partial charge in [0.05, 0.1) is 0 Å². The van der Waals surface area contributed by atoms with E-state index in [4.69, 9.17) is 0 Å². The molecule has 0 spiro atoms. The van der Waals surface area contributed by atoms with Crippen LogP contribution in [0.1, 0.15) is 38.7 Å². The highest BCUT2D eigenvalue weighted by molar-refractivity contribution is 5.76. The van der Waals surface area contributed by atoms with Gasteiger partial charge in [0.2, 0.25) is 5.91 Å². The fourth-order valence-electron chi connectivity index (χ4n) is 4.04. The van der Waals surface area contributed by atoms with Gasteiger partial charge in [-0.2, -0.15) is 0 Å². The van der Waals surface area contributed by atoms with Gasteiger partial charge in [-0.3, -0.25) is 15.6 Å². The first-order valence-electron chi connectivity index (χ1n) is 8.70. The number of nitrogens with zero attached hydrogens (tertiary/aromatic N) is 1. The topological polar surface area (TPSA) is 44.4 Å². The predicted octanol–water partition coefficient (Wildman–Crippen LogP) is 2.32. The Hall–Kier alpha value is -1.39. The van der Waals surface area contributed by atoms with Crippen molar-refractivity contribution >= 4 is 5.91 Å². The monoisotopic (exact) mass is 315 g/mol. The zero-order valence-corrected chi connectivity index (χ0v) is 14.6. The summed E-state index contributed by atoms with van der Waals surface area (Å²) in [6, 6.07) is 10.7. The molecule has 4 heteroatoms. The minimum atomic E-state index is 0.120. The van der Waals surface area contributed by atoms with Crippen LogP contribution < -0.4 is 10.9 Å². The molecule has 1 aromatic rings. The largest absolute Gasteiger partial charge is 0.345 e. The molecular weight excluding hydrogens is 286 g/mol. The molecule has 1 aliphatic heterocycles. The second kappa shape index (κ2) is 6.25. The standard InChI is InChI=1S/C19H29N3O/c1-18(2)13-19(18,16-7-5-4-6-8-16)14-22(3)17(23)10-9-15-11-20-21-12-15/h4-8,15,20-21H,9-14H2,1-3H3. The van der Waals surface area contributed by atoms with Gasteiger partial charge in [0.15, 0.2) is 0 Å². The molecule has 1 aromatic carbocycles. The van der Waals surface area contributed by atoms with Crippen LogP contribution in [0.3, 0.4) is 0 Å². The van der Waals surface area contributed by atoms with E-state index in [0.29, 0.717) is 12.3 Å². The van der Waals surface area contributed by atoms with Crippen LogP contribution >= 0.6 is 0 Å². The second-order valence-electron chi connectivity index (χ2n) is 7.93. The van der Waals surface area contributed by atoms with E-state index in [1.165, 1.54) is 5.56 Å². The Kier molecular flexibility index (Phi) is 4.47. The van der Waals surface area contributed by atoms with E-state index in [0.717, 1.165) is 32.5 Å². The third-order valence-electron chi connectivity index (χ3n) is 5.85. The highest BCUT2D eigenvalue weighted by Gasteiger charge is 2.62. The molecule has 1 amide bonds. The van der Waals surface area contributed by atoms with Crippen molar-refractivity contribution in [1.29, 1.82) is 0 Å². The molecule has 23 heavy (non-hydrogen) atoms. The Morgan fingerprint density at radius 1 is 1.22 bits per heavy atom. The maximum atomic E-state index is 12.5. The first-order chi connectivity index (χ1) is 10.9. The molecule has 0 radical (unpaired) electrons. The summed E-state index contributed by atoms with van der Waals surface area (Å²) in [7, 11) is 1.96. The Morgan fingerprint density at radius 3 is 2.39 bits per heavy atom. The van der Waals surface area contributed by atoms with Crippen molar-refractivity contribution in [2.45, 2.75) is 38.5 Å². The maximum Gasteiger partial charge on any atom is 0.222 e. The van der Waals surface area contributed by atoms with Crippen molar-refractivity contribution in [2.24, 2.45) is 11.3 Å². The van der Waals surface area contributed by atoms with Crippen LogP contribution in [0.5, 0.6) is 0 Å². The van der Waals surface area contributed by atoms with E-state index in [1.807, 2.05) is 11.9 Å². The average Bonchev–Trinajstić information content (AvgIpc) is 2.92. The third kappa shape index (κ3) is 3.29. The highest BCUT2D eigenvalue weighted by Crippen LogP contribution is 2.64. The summed E-state index contributed by atoms with van der Waals surface area (Å²) in [6.07, 6.45) is 2.76. The summed E-state index contributed by atoms with van der Waals surface area (Å²) in [5.41, 5.74) is 8.02. The van der Waals surface area contributed by atoms with Crippen molar-refractivity contribution < 1.29 is 4.79 Å². The lowest BCUT2D eigenvalue weighted by Crippen LogP contribution is -2.36. The summed E-state index contributed by atoms with van der Waals surface area (Å²) < 4.78 is 0. The number of hydrogen-bond donors (Lipinski definition) is 2. The first-order valence-corrected chi connectivity index (χ1v) is 8.70. The number of amides is 1. The molecule has 1 unspecified atom stereocenters. The smallest absolute Gasteiger partial charge is 0.222 e. The molecule has 2 N–H and O–H groups in total. The van der Waals surface area contributed by atoms with Gasteiger partial charge in [-0.15, -0.1) is 0 Å². The SMILES string of the molecule is CN(CC1(c2ccccc2)CC1(C)C)C(=O)CCC1CNNC1. The van der Waals surface area contributed by atoms with E-state index in [1.54, 1.807) is 0 Å². The summed E-state index contributed by atoms with van der Waals surface area (Å²) in [4.78, 5) is 14.5. The number of benzene rings is 1. The van der Waals surface area contributed by atoms with Crippen molar-refractivity contribution in [3.63, 3.8) is 0 Å². The molecule has 1 atom stereocenters. The second-order valence-corrected chi connectivity index (χ2v) is 7.93. The van der Waals surface area contributed by atoms with E-state index < -0.39 is 0 Å². The lowest BCUT2D eigenvalue weighted by molar-refractivity contribution is -0.130. The summed E-state index contributed by atoms with van der Waals surface area (Å²) in [5.74, 6) is 0.850. The number of hydrogen-bond acceptors (Lipinski definition) is 3. The van der Waals surface area contributed by atoms with Crippen LogP contribution in [0.25, 0.3) is 0 Å². The van der Waals surface area contributed by atoms with Crippen LogP contribution in [-0.4, -0.2) is 37.5 Å². The summed E-state index contributed by atoms with van der Waals surface area (Å²) >= 11 is 0. The van der Waals surface area contributed by atoms with Crippen molar-refractivity contribution in [3.8, 4) is 0 Å². The van der Waals surface area contributed by atoms with E-state index in [9.17, 15) is 4.79 Å². The Morgan fingerprint density at radius 2 is 1.83 bits per heavy atom. The molecule has 1 saturated heterocycles. The molecule has 0 bridgehead atoms. The minimum absolute atomic E-state index is 0.120. The van der Waals surface area contributed by atoms with Gasteiger partial charge >= 0.3 is 0 Å². The number of nitrogens with one attached hydrogen (secondary N) is 2. The molecule has 0 aromatic heterocycles. The zero-order chi connectivity index (χ0) is 16.5. The molecule has 4 nitrogen and oxygen atoms in total. The van der Waals surface area contributed by atoms with Crippen LogP contribution in [-0.2, 0) is 10.2 Å². The molecule has 3 rings (SSSR count). The number of carbonyl (C=O) groups is 1. The summed E-state index contributed by atoms with van der Waals surface area (Å²) in [6.45, 7) is 7.39. The Balaban J connectivity index is 1.61. The molecular formula is C19H29N3O. The zero-order valence-electron chi connectivity index (χ0n) is 14.6. The predicted molar refractivity (Wildman–Crippen MR) is 92.9 cm³/mol. The molecule has 1 aliphatic carbocycles. The Bertz CT molecular complexity index is 551. The van der Waals surface area contributed by atoms with Crippen molar-refractivity contribution in [2.75, 3.05) is 26.7 Å². The van der Waals surface area contributed by atoms with Crippen molar-refractivity contribution in [1.82, 2.24) is 15.8 Å². The van der Waals surface area contributed by atoms with Gasteiger partial charge in [-0.05, 0) is 29.7 Å². The van der Waals surface area contributed by atoms with Gasteiger partial charge < -0.3 is 4.90 Å². The van der Waals surface area contributed by atoms with Crippen LogP contribution in [0.2, 0.25) is 0 Å². The molecule has 1 saturated carbocycles. The van der Waals surface area contributed by atoms with Crippen LogP contribution in [0, 0.1) is 11.3 Å². The molecule has 2 fully saturated rings. The van der Waals surface area contributed by atoms with Crippen molar-refractivity contribution in [3.05, 3.63) is 35.9 Å². The van der Waals surface area contributed by atoms with Gasteiger partial charge in [0, 0.05) is 38.5 Å². The summed E-state index contributed by atoms with van der Waals surface area (Å²) in [5, 5.41) is 0. The number of rotatable bonds is 6. The first kappa shape index (κ1) is 16.5. The molecule has 2 aliphatic rings. The van der Waals surface area contributed by atoms with E-state index in [-0.39, 0.29) is 16.7 Å². The fraction of sp³-hybridized carbons (Fsp3) is 0.632. The van der Waals surface area contributed by atoms with Gasteiger partial charge in [-0.1, -0.05) is 44.2 Å². The highest BCUT2D eigenvalue weighted by atomic mass is 16.2. The van der Waals surface area contributed by atoms with Gasteiger partial charge in [0.25, 0.3) is 0 Å². The van der Waals surface area contributed by atoms with Crippen LogP contribution in [0.15, 0.2) is 30.3 Å². The van der Waals surface area contributed by atoms with Gasteiger partial charge in [-0.25, -0.2) is 0 Å². The number of hydrazine groups is 1. The molecule has 1 heterocycles. The Labute approximate surface area is 139 Å². The fourth-order valence-corrected chi connectivity index (χ4v) is 4.04. The number of likely N-dealkylation sites (N-methyl/N-ethyl adjacent to an activating group) is 1. The third-order valence-corrected chi connectivity index (χ3v) is 5.85. The van der Waals surface area contributed by atoms with E-state index >= 15 is 0 Å². The van der Waals surface area contributed by atoms with Crippen LogP contribution in [0.4, 0.5) is 0 Å². The minimum Gasteiger partial charge on any atom is -0.345 e. The average molecular weight is 315 g/mol. The lowest BCUT2D eigenvalue weighted by Gasteiger charge is -2.28. The lowest BCUT2D eigenvalue weighted by atomic mass is 9.87. The normalized spacial score (nSPS) is 26.2. The maximum absolute atomic E-state index is 12.5. The number of carbonyl (C=O) groups excluding carboxylic acids is 1. The molecule has 126 valence electrons. The quantitative estimate of drug-likeness (QED) is 0.847. The van der Waals surface area contributed by atoms with E-state index in [2.05, 4.69) is 55.0 Å². The van der Waals surface area contributed by atoms with Gasteiger partial charge in [0.1, 0.15) is 0 Å².